The number of thiophene rings is 2. The Kier molecular flexibility index (Phi) is 9.82. The van der Waals surface area contributed by atoms with Gasteiger partial charge in [-0.1, -0.05) is 128 Å². The molecular weight excluding hydrogens is 918 g/mol. The van der Waals surface area contributed by atoms with Crippen LogP contribution in [0.15, 0.2) is 157 Å². The minimum atomic E-state index is 0. The fourth-order valence-corrected chi connectivity index (χ4v) is 9.43. The first-order chi connectivity index (χ1) is 27.4. The number of ether oxygens (including phenoxy) is 1. The molecular formula is C50H36N3OPtS2-3. The van der Waals surface area contributed by atoms with Crippen molar-refractivity contribution in [2.45, 2.75) is 26.2 Å². The van der Waals surface area contributed by atoms with E-state index >= 15 is 0 Å². The number of para-hydroxylation sites is 3. The Morgan fingerprint density at radius 3 is 2.05 bits per heavy atom. The van der Waals surface area contributed by atoms with E-state index in [0.29, 0.717) is 10.8 Å². The van der Waals surface area contributed by atoms with Gasteiger partial charge in [0.05, 0.1) is 0 Å². The van der Waals surface area contributed by atoms with Crippen molar-refractivity contribution >= 4 is 65.6 Å². The molecule has 57 heavy (non-hydrogen) atoms. The molecule has 282 valence electrons. The van der Waals surface area contributed by atoms with Crippen molar-refractivity contribution in [1.82, 2.24) is 4.98 Å². The summed E-state index contributed by atoms with van der Waals surface area (Å²) < 4.78 is 8.95. The van der Waals surface area contributed by atoms with E-state index in [2.05, 4.69) is 188 Å². The first-order valence-electron chi connectivity index (χ1n) is 18.7. The zero-order valence-electron chi connectivity index (χ0n) is 31.5. The molecule has 0 fully saturated rings. The van der Waals surface area contributed by atoms with Crippen LogP contribution in [0.25, 0.3) is 53.7 Å². The Bertz CT molecular complexity index is 2820. The van der Waals surface area contributed by atoms with Crippen LogP contribution in [0, 0.1) is 18.8 Å². The quantitative estimate of drug-likeness (QED) is 0.149. The van der Waals surface area contributed by atoms with E-state index in [1.54, 1.807) is 22.7 Å². The molecule has 0 aliphatic carbocycles. The molecule has 7 heteroatoms. The molecule has 0 radical (unpaired) electrons. The van der Waals surface area contributed by atoms with Gasteiger partial charge in [-0.2, -0.15) is 34.1 Å². The molecule has 4 nitrogen and oxygen atoms in total. The average molecular weight is 954 g/mol. The number of hydrogen-bond acceptors (Lipinski definition) is 6. The number of anilines is 4. The molecule has 10 rings (SSSR count). The van der Waals surface area contributed by atoms with Crippen LogP contribution < -0.4 is 14.5 Å². The fraction of sp³-hybridized carbons (Fsp3) is 0.0800. The SMILES string of the molecule is CC(C)(C)c1ccnc(-c2c3[c-]c(Oc4[c-]c(N5[CH-]N(c6c(-c7ccccc7)cccc6-c6ccccc6)c6ccccc65)ccc4)sc3cc3ccsc23)c1.[Pt]. The number of pyridine rings is 1. The van der Waals surface area contributed by atoms with Gasteiger partial charge in [0, 0.05) is 66.9 Å². The molecule has 1 aliphatic rings. The van der Waals surface area contributed by atoms with E-state index in [1.807, 2.05) is 18.3 Å². The summed E-state index contributed by atoms with van der Waals surface area (Å²) in [5, 5.41) is 5.07. The number of rotatable bonds is 7. The molecule has 0 unspecified atom stereocenters. The smallest absolute Gasteiger partial charge is 0.107 e. The number of benzene rings is 6. The molecule has 0 atom stereocenters. The van der Waals surface area contributed by atoms with Gasteiger partial charge >= 0.3 is 0 Å². The first-order valence-corrected chi connectivity index (χ1v) is 20.4. The van der Waals surface area contributed by atoms with Gasteiger partial charge < -0.3 is 14.5 Å². The fourth-order valence-electron chi connectivity index (χ4n) is 7.56. The third-order valence-corrected chi connectivity index (χ3v) is 12.2. The maximum Gasteiger partial charge on any atom is 0.107 e. The Morgan fingerprint density at radius 2 is 1.35 bits per heavy atom. The second-order valence-corrected chi connectivity index (χ2v) is 16.9. The summed E-state index contributed by atoms with van der Waals surface area (Å²) in [4.78, 5) is 9.39. The number of hydrogen-bond donors (Lipinski definition) is 0. The second-order valence-electron chi connectivity index (χ2n) is 14.9. The molecule has 0 saturated heterocycles. The minimum Gasteiger partial charge on any atom is -0.493 e. The maximum atomic E-state index is 6.63. The van der Waals surface area contributed by atoms with Gasteiger partial charge in [0.25, 0.3) is 0 Å². The molecule has 3 aromatic heterocycles. The van der Waals surface area contributed by atoms with E-state index in [-0.39, 0.29) is 26.5 Å². The van der Waals surface area contributed by atoms with E-state index in [9.17, 15) is 0 Å². The monoisotopic (exact) mass is 953 g/mol. The zero-order chi connectivity index (χ0) is 37.8. The summed E-state index contributed by atoms with van der Waals surface area (Å²) in [5.74, 6) is 0.625. The normalized spacial score (nSPS) is 12.5. The summed E-state index contributed by atoms with van der Waals surface area (Å²) in [6.45, 7) is 8.89. The topological polar surface area (TPSA) is 28.6 Å². The average Bonchev–Trinajstić information content (AvgIpc) is 3.97. The molecule has 0 bridgehead atoms. The second kappa shape index (κ2) is 15.1. The standard InChI is InChI=1S/C50H36N3OS2.Pt/c1-50(2,3)36-24-26-51-42(29-36)47-41-31-46(56-45(41)28-35-25-27-55-49(35)47)54-38-19-12-18-37(30-38)52-32-53(44-23-11-10-22-43(44)52)48-39(33-14-6-4-7-15-33)20-13-21-40(48)34-16-8-5-9-17-34;/h4-29,32H,1-3H3;/q-3;. The van der Waals surface area contributed by atoms with E-state index < -0.39 is 0 Å². The van der Waals surface area contributed by atoms with Gasteiger partial charge in [-0.05, 0) is 67.9 Å². The summed E-state index contributed by atoms with van der Waals surface area (Å²) in [6, 6.07) is 58.5. The van der Waals surface area contributed by atoms with E-state index in [1.165, 1.54) is 15.6 Å². The van der Waals surface area contributed by atoms with Crippen molar-refractivity contribution in [3.05, 3.63) is 182 Å². The molecule has 4 heterocycles. The van der Waals surface area contributed by atoms with Crippen LogP contribution in [0.1, 0.15) is 26.3 Å². The van der Waals surface area contributed by atoms with Gasteiger partial charge in [0.2, 0.25) is 0 Å². The molecule has 0 N–H and O–H groups in total. The minimum absolute atomic E-state index is 0. The third-order valence-electron chi connectivity index (χ3n) is 10.3. The molecule has 0 spiro atoms. The number of fused-ring (bicyclic) bond motifs is 3. The molecule has 6 aromatic carbocycles. The van der Waals surface area contributed by atoms with Crippen LogP contribution in [0.5, 0.6) is 10.8 Å². The van der Waals surface area contributed by atoms with Crippen LogP contribution in [-0.4, -0.2) is 4.98 Å². The van der Waals surface area contributed by atoms with Crippen LogP contribution in [0.4, 0.5) is 22.7 Å². The van der Waals surface area contributed by atoms with Crippen LogP contribution in [-0.2, 0) is 26.5 Å². The number of nitrogens with zero attached hydrogens (tertiary/aromatic N) is 3. The Hall–Kier alpha value is -5.52. The third kappa shape index (κ3) is 6.86. The Labute approximate surface area is 355 Å². The molecule has 9 aromatic rings. The van der Waals surface area contributed by atoms with Gasteiger partial charge in [0.15, 0.2) is 0 Å². The molecule has 0 saturated carbocycles. The van der Waals surface area contributed by atoms with Gasteiger partial charge in [-0.25, -0.2) is 0 Å². The van der Waals surface area contributed by atoms with Crippen LogP contribution in [0.2, 0.25) is 0 Å². The van der Waals surface area contributed by atoms with Crippen molar-refractivity contribution in [3.8, 4) is 44.3 Å². The summed E-state index contributed by atoms with van der Waals surface area (Å²) in [7, 11) is 0. The van der Waals surface area contributed by atoms with Crippen LogP contribution >= 0.6 is 22.7 Å². The van der Waals surface area contributed by atoms with E-state index in [4.69, 9.17) is 9.72 Å². The first kappa shape index (κ1) is 37.1. The van der Waals surface area contributed by atoms with Gasteiger partial charge in [-0.3, -0.25) is 4.98 Å². The van der Waals surface area contributed by atoms with Crippen molar-refractivity contribution in [2.75, 3.05) is 9.80 Å². The van der Waals surface area contributed by atoms with Crippen molar-refractivity contribution in [3.63, 3.8) is 0 Å². The van der Waals surface area contributed by atoms with Crippen molar-refractivity contribution in [2.24, 2.45) is 0 Å². The van der Waals surface area contributed by atoms with Gasteiger partial charge in [0.1, 0.15) is 5.06 Å². The van der Waals surface area contributed by atoms with Crippen LogP contribution in [0.3, 0.4) is 0 Å². The largest absolute Gasteiger partial charge is 0.493 e. The Balaban J connectivity index is 0.00000422. The molecule has 1 aliphatic heterocycles. The summed E-state index contributed by atoms with van der Waals surface area (Å²) >= 11 is 3.34. The van der Waals surface area contributed by atoms with E-state index in [0.717, 1.165) is 66.3 Å². The summed E-state index contributed by atoms with van der Waals surface area (Å²) in [5.41, 5.74) is 12.1. The maximum absolute atomic E-state index is 6.63. The van der Waals surface area contributed by atoms with Gasteiger partial charge in [-0.15, -0.1) is 36.6 Å². The summed E-state index contributed by atoms with van der Waals surface area (Å²) in [6.07, 6.45) is 1.93. The van der Waals surface area contributed by atoms with Crippen molar-refractivity contribution < 1.29 is 25.8 Å². The van der Waals surface area contributed by atoms with Crippen molar-refractivity contribution in [1.29, 1.82) is 0 Å². The predicted octanol–water partition coefficient (Wildman–Crippen LogP) is 14.6. The zero-order valence-corrected chi connectivity index (χ0v) is 35.4. The number of aromatic nitrogens is 1. The predicted molar refractivity (Wildman–Crippen MR) is 236 cm³/mol. The Morgan fingerprint density at radius 1 is 0.684 bits per heavy atom. The molecule has 0 amide bonds.